The van der Waals surface area contributed by atoms with Gasteiger partial charge in [-0.25, -0.2) is 0 Å². The van der Waals surface area contributed by atoms with Crippen molar-refractivity contribution in [1.82, 2.24) is 0 Å². The molecule has 0 spiro atoms. The van der Waals surface area contributed by atoms with Crippen LogP contribution in [0, 0.1) is 5.92 Å². The van der Waals surface area contributed by atoms with Gasteiger partial charge < -0.3 is 17.2 Å². The average molecular weight is 215 g/mol. The van der Waals surface area contributed by atoms with Crippen molar-refractivity contribution in [2.24, 2.45) is 33.1 Å². The third kappa shape index (κ3) is 4.36. The molecule has 1 aliphatic rings. The van der Waals surface area contributed by atoms with Crippen LogP contribution in [0.4, 0.5) is 0 Å². The normalized spacial score (nSPS) is 19.3. The van der Waals surface area contributed by atoms with Crippen LogP contribution in [0.3, 0.4) is 0 Å². The third-order valence-electron chi connectivity index (χ3n) is 2.10. The zero-order valence-corrected chi connectivity index (χ0v) is 8.96. The number of hydrogen-bond donors (Lipinski definition) is 3. The maximum absolute atomic E-state index is 5.49. The van der Waals surface area contributed by atoms with Crippen LogP contribution < -0.4 is 17.2 Å². The second-order valence-corrected chi connectivity index (χ2v) is 4.52. The molecule has 0 aromatic carbocycles. The van der Waals surface area contributed by atoms with E-state index in [0.29, 0.717) is 5.92 Å². The maximum atomic E-state index is 5.49. The Labute approximate surface area is 88.2 Å². The Bertz CT molecular complexity index is 228. The van der Waals surface area contributed by atoms with Crippen molar-refractivity contribution in [2.75, 3.05) is 18.1 Å². The van der Waals surface area contributed by atoms with E-state index in [1.807, 2.05) is 11.8 Å². The van der Waals surface area contributed by atoms with Gasteiger partial charge in [-0.2, -0.15) is 16.8 Å². The van der Waals surface area contributed by atoms with Crippen LogP contribution in [0.2, 0.25) is 0 Å². The predicted octanol–water partition coefficient (Wildman–Crippen LogP) is -0.282. The fourth-order valence-corrected chi connectivity index (χ4v) is 2.52. The standard InChI is InChI=1S/C8H17N5S/c9-7(10)13-8(11)12-5-6-1-3-14-4-2-6/h6H,1-5H2,(H6,9,10,11,12,13). The van der Waals surface area contributed by atoms with Crippen molar-refractivity contribution < 1.29 is 0 Å². The summed E-state index contributed by atoms with van der Waals surface area (Å²) in [7, 11) is 0. The first-order valence-corrected chi connectivity index (χ1v) is 5.81. The van der Waals surface area contributed by atoms with Gasteiger partial charge in [0.1, 0.15) is 0 Å². The van der Waals surface area contributed by atoms with Crippen molar-refractivity contribution >= 4 is 23.7 Å². The second kappa shape index (κ2) is 5.74. The molecular weight excluding hydrogens is 198 g/mol. The van der Waals surface area contributed by atoms with Crippen LogP contribution in [0.1, 0.15) is 12.8 Å². The Morgan fingerprint density at radius 2 is 1.86 bits per heavy atom. The molecule has 0 aliphatic carbocycles. The molecule has 0 aromatic heterocycles. The Hall–Kier alpha value is -0.910. The average Bonchev–Trinajstić information content (AvgIpc) is 2.15. The van der Waals surface area contributed by atoms with E-state index in [4.69, 9.17) is 17.2 Å². The number of thioether (sulfide) groups is 1. The number of aliphatic imine (C=N–C) groups is 2. The molecule has 0 unspecified atom stereocenters. The molecule has 1 fully saturated rings. The first kappa shape index (κ1) is 11.2. The lowest BCUT2D eigenvalue weighted by molar-refractivity contribution is 0.503. The highest BCUT2D eigenvalue weighted by atomic mass is 32.2. The summed E-state index contributed by atoms with van der Waals surface area (Å²) in [5, 5.41) is 0. The van der Waals surface area contributed by atoms with Gasteiger partial charge in [0.15, 0.2) is 5.96 Å². The van der Waals surface area contributed by atoms with E-state index in [2.05, 4.69) is 9.98 Å². The predicted molar refractivity (Wildman–Crippen MR) is 62.3 cm³/mol. The Kier molecular flexibility index (Phi) is 4.58. The Balaban J connectivity index is 2.33. The van der Waals surface area contributed by atoms with Crippen LogP contribution >= 0.6 is 11.8 Å². The molecular formula is C8H17N5S. The van der Waals surface area contributed by atoms with E-state index >= 15 is 0 Å². The first-order valence-electron chi connectivity index (χ1n) is 4.66. The van der Waals surface area contributed by atoms with E-state index in [9.17, 15) is 0 Å². The van der Waals surface area contributed by atoms with Gasteiger partial charge in [0.05, 0.1) is 0 Å². The van der Waals surface area contributed by atoms with E-state index in [1.165, 1.54) is 24.3 Å². The summed E-state index contributed by atoms with van der Waals surface area (Å²) < 4.78 is 0. The maximum Gasteiger partial charge on any atom is 0.218 e. The van der Waals surface area contributed by atoms with E-state index in [1.54, 1.807) is 0 Å². The summed E-state index contributed by atoms with van der Waals surface area (Å²) in [4.78, 5) is 7.78. The van der Waals surface area contributed by atoms with E-state index in [-0.39, 0.29) is 11.9 Å². The van der Waals surface area contributed by atoms with Crippen LogP contribution in [-0.2, 0) is 0 Å². The second-order valence-electron chi connectivity index (χ2n) is 3.29. The fourth-order valence-electron chi connectivity index (χ4n) is 1.32. The number of hydrogen-bond acceptors (Lipinski definition) is 2. The van der Waals surface area contributed by atoms with Crippen molar-refractivity contribution in [3.05, 3.63) is 0 Å². The van der Waals surface area contributed by atoms with E-state index in [0.717, 1.165) is 6.54 Å². The highest BCUT2D eigenvalue weighted by Crippen LogP contribution is 2.22. The quantitative estimate of drug-likeness (QED) is 0.435. The summed E-state index contributed by atoms with van der Waals surface area (Å²) >= 11 is 2.00. The minimum absolute atomic E-state index is 0.0366. The molecule has 80 valence electrons. The van der Waals surface area contributed by atoms with Gasteiger partial charge in [0.2, 0.25) is 5.96 Å². The monoisotopic (exact) mass is 215 g/mol. The minimum Gasteiger partial charge on any atom is -0.370 e. The summed E-state index contributed by atoms with van der Waals surface area (Å²) in [6.45, 7) is 0.739. The van der Waals surface area contributed by atoms with Crippen LogP contribution in [0.15, 0.2) is 9.98 Å². The SMILES string of the molecule is NC(N)=NC(N)=NCC1CCSCC1. The smallest absolute Gasteiger partial charge is 0.218 e. The van der Waals surface area contributed by atoms with Crippen molar-refractivity contribution in [3.63, 3.8) is 0 Å². The van der Waals surface area contributed by atoms with E-state index < -0.39 is 0 Å². The summed E-state index contributed by atoms with van der Waals surface area (Å²) in [5.74, 6) is 3.24. The molecule has 5 nitrogen and oxygen atoms in total. The zero-order chi connectivity index (χ0) is 10.4. The summed E-state index contributed by atoms with van der Waals surface area (Å²) in [6.07, 6.45) is 2.42. The molecule has 14 heavy (non-hydrogen) atoms. The largest absolute Gasteiger partial charge is 0.370 e. The van der Waals surface area contributed by atoms with Crippen LogP contribution in [0.25, 0.3) is 0 Å². The van der Waals surface area contributed by atoms with Crippen LogP contribution in [-0.4, -0.2) is 30.0 Å². The first-order chi connectivity index (χ1) is 6.68. The van der Waals surface area contributed by atoms with Crippen molar-refractivity contribution in [2.45, 2.75) is 12.8 Å². The van der Waals surface area contributed by atoms with Gasteiger partial charge in [-0.15, -0.1) is 0 Å². The molecule has 6 heteroatoms. The molecule has 0 bridgehead atoms. The molecule has 0 aromatic rings. The Morgan fingerprint density at radius 3 is 2.43 bits per heavy atom. The van der Waals surface area contributed by atoms with Crippen LogP contribution in [0.5, 0.6) is 0 Å². The summed E-state index contributed by atoms with van der Waals surface area (Å²) in [5.41, 5.74) is 15.8. The fraction of sp³-hybridized carbons (Fsp3) is 0.750. The topological polar surface area (TPSA) is 103 Å². The molecule has 0 saturated carbocycles. The lowest BCUT2D eigenvalue weighted by Crippen LogP contribution is -2.27. The zero-order valence-electron chi connectivity index (χ0n) is 8.15. The van der Waals surface area contributed by atoms with Crippen molar-refractivity contribution in [1.29, 1.82) is 0 Å². The minimum atomic E-state index is -0.0366. The number of nitrogens with zero attached hydrogens (tertiary/aromatic N) is 2. The molecule has 1 heterocycles. The van der Waals surface area contributed by atoms with Gasteiger partial charge in [-0.05, 0) is 30.3 Å². The molecule has 6 N–H and O–H groups in total. The number of guanidine groups is 2. The van der Waals surface area contributed by atoms with Gasteiger partial charge in [-0.1, -0.05) is 0 Å². The lowest BCUT2D eigenvalue weighted by Gasteiger charge is -2.18. The van der Waals surface area contributed by atoms with Crippen molar-refractivity contribution in [3.8, 4) is 0 Å². The molecule has 0 atom stereocenters. The highest BCUT2D eigenvalue weighted by molar-refractivity contribution is 7.99. The molecule has 0 radical (unpaired) electrons. The lowest BCUT2D eigenvalue weighted by atomic mass is 10.0. The van der Waals surface area contributed by atoms with Gasteiger partial charge in [-0.3, -0.25) is 4.99 Å². The number of nitrogens with two attached hydrogens (primary N) is 3. The van der Waals surface area contributed by atoms with Gasteiger partial charge in [0, 0.05) is 6.54 Å². The summed E-state index contributed by atoms with van der Waals surface area (Å²) in [6, 6.07) is 0. The molecule has 1 rings (SSSR count). The molecule has 1 aliphatic heterocycles. The Morgan fingerprint density at radius 1 is 1.21 bits per heavy atom. The number of rotatable bonds is 2. The highest BCUT2D eigenvalue weighted by Gasteiger charge is 2.12. The van der Waals surface area contributed by atoms with Gasteiger partial charge >= 0.3 is 0 Å². The van der Waals surface area contributed by atoms with Gasteiger partial charge in [0.25, 0.3) is 0 Å². The molecule has 1 saturated heterocycles. The molecule has 0 amide bonds. The third-order valence-corrected chi connectivity index (χ3v) is 3.14.